The normalized spacial score (nSPS) is 15.4. The molecule has 0 fully saturated rings. The Morgan fingerprint density at radius 1 is 0.625 bits per heavy atom. The highest BCUT2D eigenvalue weighted by Crippen LogP contribution is 2.35. The molecule has 2 aromatic heterocycles. The first kappa shape index (κ1) is 19.5. The molecule has 4 aromatic rings. The van der Waals surface area contributed by atoms with Crippen molar-refractivity contribution >= 4 is 17.0 Å². The van der Waals surface area contributed by atoms with Crippen LogP contribution in [0, 0.1) is 0 Å². The minimum atomic E-state index is 0.666. The second-order valence-electron chi connectivity index (χ2n) is 7.35. The van der Waals surface area contributed by atoms with Gasteiger partial charge in [-0.1, -0.05) is 61.7 Å². The Balaban J connectivity index is 1.69. The van der Waals surface area contributed by atoms with Crippen LogP contribution in [-0.4, -0.2) is 19.5 Å². The van der Waals surface area contributed by atoms with Gasteiger partial charge in [0.1, 0.15) is 6.33 Å². The number of hydrogen-bond donors (Lipinski definition) is 0. The van der Waals surface area contributed by atoms with Crippen LogP contribution in [-0.2, 0) is 0 Å². The first-order valence-corrected chi connectivity index (χ1v) is 10.2. The summed E-state index contributed by atoms with van der Waals surface area (Å²) in [5.74, 6) is 1.34. The third kappa shape index (κ3) is 3.56. The van der Waals surface area contributed by atoms with Gasteiger partial charge in [-0.3, -0.25) is 4.57 Å². The van der Waals surface area contributed by atoms with Gasteiger partial charge in [0, 0.05) is 37.2 Å². The molecule has 0 amide bonds. The molecule has 0 spiro atoms. The Morgan fingerprint density at radius 2 is 1.16 bits per heavy atom. The van der Waals surface area contributed by atoms with Crippen LogP contribution in [0.2, 0.25) is 0 Å². The number of allylic oxidation sites excluding steroid dienone is 4. The maximum atomic E-state index is 4.60. The Kier molecular flexibility index (Phi) is 5.06. The van der Waals surface area contributed by atoms with Gasteiger partial charge < -0.3 is 4.90 Å². The molecule has 1 aliphatic rings. The number of fused-ring (bicyclic) bond motifs is 3. The minimum absolute atomic E-state index is 0.666. The van der Waals surface area contributed by atoms with Crippen molar-refractivity contribution in [3.05, 3.63) is 128 Å². The predicted molar refractivity (Wildman–Crippen MR) is 130 cm³/mol. The molecule has 0 unspecified atom stereocenters. The van der Waals surface area contributed by atoms with Crippen LogP contribution >= 0.6 is 0 Å². The fourth-order valence-electron chi connectivity index (χ4n) is 3.78. The van der Waals surface area contributed by atoms with Gasteiger partial charge in [0.05, 0.1) is 0 Å². The summed E-state index contributed by atoms with van der Waals surface area (Å²) in [6.45, 7) is 8.68. The van der Waals surface area contributed by atoms with Gasteiger partial charge in [0.2, 0.25) is 0 Å². The minimum Gasteiger partial charge on any atom is -0.306 e. The van der Waals surface area contributed by atoms with Crippen LogP contribution in [0.3, 0.4) is 0 Å². The van der Waals surface area contributed by atoms with Crippen LogP contribution in [0.25, 0.3) is 28.1 Å². The number of benzene rings is 2. The second kappa shape index (κ2) is 8.32. The van der Waals surface area contributed by atoms with Crippen molar-refractivity contribution < 1.29 is 0 Å². The summed E-state index contributed by atoms with van der Waals surface area (Å²) < 4.78 is 1.84. The fraction of sp³-hybridized carbons (Fsp3) is 0. The van der Waals surface area contributed by atoms with Crippen LogP contribution in [0.1, 0.15) is 11.1 Å². The van der Waals surface area contributed by atoms with Gasteiger partial charge in [-0.2, -0.15) is 0 Å². The summed E-state index contributed by atoms with van der Waals surface area (Å²) >= 11 is 0. The highest BCUT2D eigenvalue weighted by atomic mass is 15.2. The summed E-state index contributed by atoms with van der Waals surface area (Å²) in [5, 5.41) is 0. The van der Waals surface area contributed by atoms with Gasteiger partial charge >= 0.3 is 0 Å². The molecule has 0 radical (unpaired) electrons. The van der Waals surface area contributed by atoms with Crippen molar-refractivity contribution in [2.75, 3.05) is 4.90 Å². The molecule has 32 heavy (non-hydrogen) atoms. The number of anilines is 1. The van der Waals surface area contributed by atoms with Crippen molar-refractivity contribution in [3.8, 4) is 16.9 Å². The Bertz CT molecular complexity index is 1290. The molecule has 3 heterocycles. The van der Waals surface area contributed by atoms with E-state index in [-0.39, 0.29) is 0 Å². The van der Waals surface area contributed by atoms with Gasteiger partial charge in [-0.25, -0.2) is 15.0 Å². The third-order valence-corrected chi connectivity index (χ3v) is 5.36. The molecule has 0 N–H and O–H groups in total. The van der Waals surface area contributed by atoms with E-state index in [0.29, 0.717) is 11.6 Å². The molecule has 5 heteroatoms. The van der Waals surface area contributed by atoms with E-state index < -0.39 is 0 Å². The first-order chi connectivity index (χ1) is 15.7. The summed E-state index contributed by atoms with van der Waals surface area (Å²) in [5.41, 5.74) is 6.18. The highest BCUT2D eigenvalue weighted by Gasteiger charge is 2.15. The van der Waals surface area contributed by atoms with E-state index in [1.165, 1.54) is 0 Å². The zero-order valence-electron chi connectivity index (χ0n) is 17.5. The molecule has 0 saturated carbocycles. The van der Waals surface area contributed by atoms with Crippen molar-refractivity contribution in [2.45, 2.75) is 0 Å². The van der Waals surface area contributed by atoms with E-state index in [1.54, 1.807) is 24.9 Å². The number of imidazole rings is 1. The Morgan fingerprint density at radius 3 is 1.69 bits per heavy atom. The molecule has 0 saturated heterocycles. The van der Waals surface area contributed by atoms with Gasteiger partial charge in [-0.05, 0) is 45.6 Å². The van der Waals surface area contributed by atoms with Crippen LogP contribution in [0.15, 0.2) is 117 Å². The van der Waals surface area contributed by atoms with Crippen LogP contribution < -0.4 is 4.90 Å². The molecular formula is C27H21N5. The molecule has 5 nitrogen and oxygen atoms in total. The molecule has 154 valence electrons. The van der Waals surface area contributed by atoms with Crippen molar-refractivity contribution in [2.24, 2.45) is 0 Å². The van der Waals surface area contributed by atoms with Gasteiger partial charge in [0.25, 0.3) is 0 Å². The number of hydrogen-bond acceptors (Lipinski definition) is 4. The van der Waals surface area contributed by atoms with Crippen molar-refractivity contribution in [1.29, 1.82) is 0 Å². The maximum Gasteiger partial charge on any atom is 0.182 e. The van der Waals surface area contributed by atoms with E-state index in [9.17, 15) is 0 Å². The lowest BCUT2D eigenvalue weighted by Crippen LogP contribution is -2.13. The summed E-state index contributed by atoms with van der Waals surface area (Å²) in [6, 6.07) is 16.6. The van der Waals surface area contributed by atoms with E-state index in [0.717, 1.165) is 33.4 Å². The van der Waals surface area contributed by atoms with E-state index in [1.807, 2.05) is 64.5 Å². The summed E-state index contributed by atoms with van der Waals surface area (Å²) in [7, 11) is 0. The summed E-state index contributed by atoms with van der Waals surface area (Å²) in [6.07, 6.45) is 16.5. The van der Waals surface area contributed by atoms with Crippen LogP contribution in [0.5, 0.6) is 0 Å². The molecule has 5 rings (SSSR count). The zero-order chi connectivity index (χ0) is 21.9. The zero-order valence-corrected chi connectivity index (χ0v) is 17.5. The average Bonchev–Trinajstić information content (AvgIpc) is 3.38. The molecule has 0 atom stereocenters. The quantitative estimate of drug-likeness (QED) is 0.409. The number of nitrogens with zero attached hydrogens (tertiary/aromatic N) is 5. The van der Waals surface area contributed by atoms with Crippen LogP contribution in [0.4, 0.5) is 5.82 Å². The largest absolute Gasteiger partial charge is 0.306 e. The molecule has 0 aliphatic carbocycles. The number of aromatic nitrogens is 4. The second-order valence-corrected chi connectivity index (χ2v) is 7.35. The topological polar surface area (TPSA) is 46.8 Å². The molecular weight excluding hydrogens is 394 g/mol. The lowest BCUT2D eigenvalue weighted by Gasteiger charge is -2.18. The SMILES string of the molecule is C=C1/C=C\N(c2nccnc2-n2ccnc2)/C=C\C(=C)c2ccccc2-c2ccccc21. The molecule has 2 aromatic carbocycles. The lowest BCUT2D eigenvalue weighted by atomic mass is 9.90. The standard InChI is InChI=1S/C27H21N5/c1-20-11-16-31(26-27(30-14-13-29-26)32-18-15-28-19-32)17-12-21(2)23-8-4-6-10-25(23)24-9-5-3-7-22(20)24/h3-19H,1-2H2/b16-11-,17-12-. The van der Waals surface area contributed by atoms with Gasteiger partial charge in [-0.15, -0.1) is 0 Å². The monoisotopic (exact) mass is 415 g/mol. The van der Waals surface area contributed by atoms with Gasteiger partial charge in [0.15, 0.2) is 11.6 Å². The van der Waals surface area contributed by atoms with Crippen molar-refractivity contribution in [3.63, 3.8) is 0 Å². The lowest BCUT2D eigenvalue weighted by molar-refractivity contribution is 0.956. The smallest absolute Gasteiger partial charge is 0.182 e. The predicted octanol–water partition coefficient (Wildman–Crippen LogP) is 5.90. The molecule has 1 aliphatic heterocycles. The first-order valence-electron chi connectivity index (χ1n) is 10.2. The number of rotatable bonds is 2. The van der Waals surface area contributed by atoms with E-state index >= 15 is 0 Å². The maximum absolute atomic E-state index is 4.60. The molecule has 0 bridgehead atoms. The highest BCUT2D eigenvalue weighted by molar-refractivity contribution is 5.91. The Labute approximate surface area is 187 Å². The average molecular weight is 416 g/mol. The van der Waals surface area contributed by atoms with E-state index in [2.05, 4.69) is 52.4 Å². The fourth-order valence-corrected chi connectivity index (χ4v) is 3.78. The summed E-state index contributed by atoms with van der Waals surface area (Å²) in [4.78, 5) is 15.2. The third-order valence-electron chi connectivity index (χ3n) is 5.36. The van der Waals surface area contributed by atoms with Crippen molar-refractivity contribution in [1.82, 2.24) is 19.5 Å². The van der Waals surface area contributed by atoms with E-state index in [4.69, 9.17) is 0 Å². The Hall–Kier alpha value is -4.51.